The lowest BCUT2D eigenvalue weighted by Gasteiger charge is -2.25. The number of rotatable bonds is 12. The van der Waals surface area contributed by atoms with Crippen molar-refractivity contribution in [2.24, 2.45) is 5.73 Å². The lowest BCUT2D eigenvalue weighted by Crippen LogP contribution is -2.35. The van der Waals surface area contributed by atoms with Crippen LogP contribution in [0.3, 0.4) is 0 Å². The summed E-state index contributed by atoms with van der Waals surface area (Å²) in [6, 6.07) is 28.9. The van der Waals surface area contributed by atoms with Crippen LogP contribution in [0.15, 0.2) is 97.1 Å². The van der Waals surface area contributed by atoms with E-state index in [4.69, 9.17) is 38.4 Å². The van der Waals surface area contributed by atoms with E-state index in [1.54, 1.807) is 24.3 Å². The van der Waals surface area contributed by atoms with Crippen LogP contribution in [0.25, 0.3) is 0 Å². The van der Waals surface area contributed by atoms with Gasteiger partial charge in [-0.05, 0) is 55.0 Å². The third-order valence-corrected chi connectivity index (χ3v) is 6.32. The summed E-state index contributed by atoms with van der Waals surface area (Å²) >= 11 is 12.3. The minimum absolute atomic E-state index is 0.282. The number of nitrogens with zero attached hydrogens (tertiary/aromatic N) is 1. The molecule has 0 fully saturated rings. The molecule has 1 atom stereocenters. The normalized spacial score (nSPS) is 11.8. The van der Waals surface area contributed by atoms with Crippen molar-refractivity contribution >= 4 is 29.2 Å². The highest BCUT2D eigenvalue weighted by Gasteiger charge is 2.18. The molecule has 6 nitrogen and oxygen atoms in total. The Hall–Kier alpha value is -3.55. The summed E-state index contributed by atoms with van der Waals surface area (Å²) in [7, 11) is 0. The Morgan fingerprint density at radius 3 is 1.68 bits per heavy atom. The van der Waals surface area contributed by atoms with E-state index in [1.807, 2.05) is 72.8 Å². The van der Waals surface area contributed by atoms with Crippen molar-refractivity contribution in [3.63, 3.8) is 0 Å². The van der Waals surface area contributed by atoms with Gasteiger partial charge in [0.2, 0.25) is 0 Å². The van der Waals surface area contributed by atoms with E-state index in [0.29, 0.717) is 52.7 Å². The summed E-state index contributed by atoms with van der Waals surface area (Å²) in [5.41, 5.74) is 7.71. The maximum absolute atomic E-state index is 11.4. The van der Waals surface area contributed by atoms with E-state index >= 15 is 0 Å². The highest BCUT2D eigenvalue weighted by atomic mass is 35.5. The van der Waals surface area contributed by atoms with Crippen LogP contribution >= 0.6 is 23.2 Å². The number of carboxylic acid groups (broad SMARTS) is 1. The van der Waals surface area contributed by atoms with Gasteiger partial charge in [-0.1, -0.05) is 71.7 Å². The van der Waals surface area contributed by atoms with E-state index in [1.165, 1.54) is 0 Å². The molecule has 0 bridgehead atoms. The number of carboxylic acids is 1. The number of hydrogen-bond donors (Lipinski definition) is 2. The van der Waals surface area contributed by atoms with Crippen molar-refractivity contribution in [3.05, 3.63) is 118 Å². The van der Waals surface area contributed by atoms with Gasteiger partial charge in [-0.15, -0.1) is 0 Å². The van der Waals surface area contributed by atoms with Gasteiger partial charge >= 0.3 is 5.97 Å². The summed E-state index contributed by atoms with van der Waals surface area (Å²) in [6.45, 7) is 1.44. The summed E-state index contributed by atoms with van der Waals surface area (Å²) in [4.78, 5) is 13.5. The van der Waals surface area contributed by atoms with Crippen molar-refractivity contribution in [2.45, 2.75) is 25.6 Å². The Labute approximate surface area is 232 Å². The van der Waals surface area contributed by atoms with Gasteiger partial charge < -0.3 is 20.3 Å². The van der Waals surface area contributed by atoms with E-state index in [0.717, 1.165) is 11.1 Å². The number of hydrogen-bond acceptors (Lipinski definition) is 5. The van der Waals surface area contributed by atoms with Crippen LogP contribution in [0.2, 0.25) is 10.0 Å². The number of nitrogens with two attached hydrogens (primary N) is 1. The SMILES string of the molecule is N[C@@H](CCN(Cc1ccccc1Oc1cccc(Cl)c1)Cc1ccccc1Oc1cccc(Cl)c1)C(=O)O. The third kappa shape index (κ3) is 7.97. The molecule has 8 heteroatoms. The van der Waals surface area contributed by atoms with Crippen LogP contribution in [0.1, 0.15) is 17.5 Å². The standard InChI is InChI=1S/C30H28Cl2N2O4/c31-23-9-5-11-25(17-23)37-28-13-3-1-7-21(28)19-34(16-15-27(33)30(35)36)20-22-8-2-4-14-29(22)38-26-12-6-10-24(32)18-26/h1-14,17-18,27H,15-16,19-20,33H2,(H,35,36)/t27-/m0/s1. The summed E-state index contributed by atoms with van der Waals surface area (Å²) < 4.78 is 12.3. The van der Waals surface area contributed by atoms with Crippen molar-refractivity contribution in [3.8, 4) is 23.0 Å². The first-order chi connectivity index (χ1) is 18.4. The molecule has 0 radical (unpaired) electrons. The first-order valence-corrected chi connectivity index (χ1v) is 12.9. The summed E-state index contributed by atoms with van der Waals surface area (Å²) in [5.74, 6) is 1.60. The molecule has 0 aliphatic heterocycles. The van der Waals surface area contributed by atoms with Crippen LogP contribution < -0.4 is 15.2 Å². The zero-order valence-electron chi connectivity index (χ0n) is 20.6. The lowest BCUT2D eigenvalue weighted by molar-refractivity contribution is -0.138. The predicted octanol–water partition coefficient (Wildman–Crippen LogP) is 7.38. The predicted molar refractivity (Wildman–Crippen MR) is 150 cm³/mol. The van der Waals surface area contributed by atoms with Gasteiger partial charge in [-0.3, -0.25) is 9.69 Å². The molecule has 0 aromatic heterocycles. The molecule has 0 aliphatic carbocycles. The van der Waals surface area contributed by atoms with Crippen molar-refractivity contribution < 1.29 is 19.4 Å². The summed E-state index contributed by atoms with van der Waals surface area (Å²) in [5, 5.41) is 10.5. The number of para-hydroxylation sites is 2. The number of carbonyl (C=O) groups is 1. The molecule has 4 aromatic rings. The van der Waals surface area contributed by atoms with E-state index < -0.39 is 12.0 Å². The quantitative estimate of drug-likeness (QED) is 0.191. The topological polar surface area (TPSA) is 85.0 Å². The molecule has 0 unspecified atom stereocenters. The van der Waals surface area contributed by atoms with Crippen molar-refractivity contribution in [2.75, 3.05) is 6.54 Å². The van der Waals surface area contributed by atoms with Gasteiger partial charge in [0.15, 0.2) is 0 Å². The molecule has 0 heterocycles. The molecule has 0 aliphatic rings. The molecular formula is C30H28Cl2N2O4. The van der Waals surface area contributed by atoms with E-state index in [-0.39, 0.29) is 6.42 Å². The molecule has 0 amide bonds. The number of benzene rings is 4. The van der Waals surface area contributed by atoms with Gasteiger partial charge in [0.1, 0.15) is 29.0 Å². The Morgan fingerprint density at radius 1 is 0.763 bits per heavy atom. The zero-order chi connectivity index (χ0) is 26.9. The first-order valence-electron chi connectivity index (χ1n) is 12.1. The highest BCUT2D eigenvalue weighted by molar-refractivity contribution is 6.31. The van der Waals surface area contributed by atoms with Crippen LogP contribution in [0.5, 0.6) is 23.0 Å². The van der Waals surface area contributed by atoms with Crippen LogP contribution in [-0.2, 0) is 17.9 Å². The molecule has 196 valence electrons. The van der Waals surface area contributed by atoms with Gasteiger partial charge in [-0.25, -0.2) is 0 Å². The smallest absolute Gasteiger partial charge is 0.320 e. The Balaban J connectivity index is 1.58. The maximum atomic E-state index is 11.4. The first kappa shape index (κ1) is 27.5. The molecule has 4 aromatic carbocycles. The molecule has 0 saturated heterocycles. The second-order valence-corrected chi connectivity index (χ2v) is 9.65. The highest BCUT2D eigenvalue weighted by Crippen LogP contribution is 2.31. The van der Waals surface area contributed by atoms with Gasteiger partial charge in [-0.2, -0.15) is 0 Å². The fraction of sp³-hybridized carbons (Fsp3) is 0.167. The number of aliphatic carboxylic acids is 1. The average Bonchev–Trinajstić information content (AvgIpc) is 2.89. The molecule has 4 rings (SSSR count). The molecule has 0 saturated carbocycles. The van der Waals surface area contributed by atoms with E-state index in [9.17, 15) is 9.90 Å². The Morgan fingerprint density at radius 2 is 1.24 bits per heavy atom. The Kier molecular flexibility index (Phi) is 9.62. The van der Waals surface area contributed by atoms with Gasteiger partial charge in [0.05, 0.1) is 0 Å². The zero-order valence-corrected chi connectivity index (χ0v) is 22.1. The minimum Gasteiger partial charge on any atom is -0.480 e. The monoisotopic (exact) mass is 550 g/mol. The molecular weight excluding hydrogens is 523 g/mol. The second kappa shape index (κ2) is 13.3. The van der Waals surface area contributed by atoms with Crippen LogP contribution in [0, 0.1) is 0 Å². The fourth-order valence-electron chi connectivity index (χ4n) is 3.92. The molecule has 38 heavy (non-hydrogen) atoms. The third-order valence-electron chi connectivity index (χ3n) is 5.85. The van der Waals surface area contributed by atoms with Crippen LogP contribution in [0.4, 0.5) is 0 Å². The average molecular weight is 551 g/mol. The number of ether oxygens (including phenoxy) is 2. The minimum atomic E-state index is -1.03. The fourth-order valence-corrected chi connectivity index (χ4v) is 4.28. The maximum Gasteiger partial charge on any atom is 0.320 e. The van der Waals surface area contributed by atoms with Gasteiger partial charge in [0.25, 0.3) is 0 Å². The molecule has 0 spiro atoms. The second-order valence-electron chi connectivity index (χ2n) is 8.78. The summed E-state index contributed by atoms with van der Waals surface area (Å²) in [6.07, 6.45) is 0.282. The Bertz CT molecular complexity index is 1290. The van der Waals surface area contributed by atoms with Crippen molar-refractivity contribution in [1.82, 2.24) is 4.90 Å². The van der Waals surface area contributed by atoms with E-state index in [2.05, 4.69) is 4.90 Å². The molecule has 3 N–H and O–H groups in total. The van der Waals surface area contributed by atoms with Gasteiger partial charge in [0, 0.05) is 40.8 Å². The number of halogens is 2. The lowest BCUT2D eigenvalue weighted by atomic mass is 10.1. The van der Waals surface area contributed by atoms with Crippen LogP contribution in [-0.4, -0.2) is 28.6 Å². The largest absolute Gasteiger partial charge is 0.480 e. The van der Waals surface area contributed by atoms with Crippen molar-refractivity contribution in [1.29, 1.82) is 0 Å².